The number of rotatable bonds is 7. The van der Waals surface area contributed by atoms with Gasteiger partial charge in [-0.15, -0.1) is 0 Å². The van der Waals surface area contributed by atoms with Crippen molar-refractivity contribution in [1.82, 2.24) is 4.90 Å². The van der Waals surface area contributed by atoms with Crippen LogP contribution in [0.4, 0.5) is 0 Å². The summed E-state index contributed by atoms with van der Waals surface area (Å²) in [5.74, 6) is 1.37. The minimum absolute atomic E-state index is 0.113. The highest BCUT2D eigenvalue weighted by atomic mass is 35.5. The molecule has 2 rings (SSSR count). The van der Waals surface area contributed by atoms with Crippen molar-refractivity contribution in [3.05, 3.63) is 22.7 Å². The average Bonchev–Trinajstić information content (AvgIpc) is 2.51. The normalized spacial score (nSPS) is 18.5. The molecule has 1 aliphatic heterocycles. The summed E-state index contributed by atoms with van der Waals surface area (Å²) >= 11 is 6.35. The topological polar surface area (TPSA) is 40.2 Å². The van der Waals surface area contributed by atoms with Crippen LogP contribution in [-0.4, -0.2) is 58.1 Å². The fraction of sp³-hybridized carbons (Fsp3) is 0.625. The Morgan fingerprint density at radius 3 is 2.77 bits per heavy atom. The average molecular weight is 330 g/mol. The third kappa shape index (κ3) is 4.74. The zero-order valence-electron chi connectivity index (χ0n) is 13.4. The monoisotopic (exact) mass is 329 g/mol. The minimum Gasteiger partial charge on any atom is -0.493 e. The Kier molecular flexibility index (Phi) is 6.76. The first-order chi connectivity index (χ1) is 10.6. The molecule has 1 aromatic carbocycles. The molecular weight excluding hydrogens is 306 g/mol. The Hall–Kier alpha value is -1.01. The Bertz CT molecular complexity index is 477. The standard InChI is InChI=1S/C16H24ClNO4/c1-4-21-16-7-12(14(17)8-15(16)19-3)9-18(2)10-13-11-20-5-6-22-13/h7-8,13H,4-6,9-11H2,1-3H3. The van der Waals surface area contributed by atoms with Gasteiger partial charge in [-0.3, -0.25) is 4.90 Å². The Morgan fingerprint density at radius 2 is 2.14 bits per heavy atom. The van der Waals surface area contributed by atoms with E-state index >= 15 is 0 Å². The number of nitrogens with zero attached hydrogens (tertiary/aromatic N) is 1. The van der Waals surface area contributed by atoms with Gasteiger partial charge in [0.2, 0.25) is 0 Å². The van der Waals surface area contributed by atoms with Crippen molar-refractivity contribution in [2.24, 2.45) is 0 Å². The van der Waals surface area contributed by atoms with Crippen LogP contribution in [0.1, 0.15) is 12.5 Å². The van der Waals surface area contributed by atoms with Crippen molar-refractivity contribution in [3.8, 4) is 11.5 Å². The van der Waals surface area contributed by atoms with Crippen LogP contribution < -0.4 is 9.47 Å². The molecule has 0 aliphatic carbocycles. The van der Waals surface area contributed by atoms with Gasteiger partial charge in [0.15, 0.2) is 11.5 Å². The molecule has 0 N–H and O–H groups in total. The van der Waals surface area contributed by atoms with Gasteiger partial charge in [-0.1, -0.05) is 11.6 Å². The summed E-state index contributed by atoms with van der Waals surface area (Å²) in [6.45, 7) is 6.03. The van der Waals surface area contributed by atoms with Gasteiger partial charge in [0.1, 0.15) is 0 Å². The maximum atomic E-state index is 6.35. The molecule has 0 bridgehead atoms. The maximum Gasteiger partial charge on any atom is 0.162 e. The second-order valence-corrected chi connectivity index (χ2v) is 5.70. The number of benzene rings is 1. The van der Waals surface area contributed by atoms with Crippen molar-refractivity contribution < 1.29 is 18.9 Å². The van der Waals surface area contributed by atoms with E-state index in [0.29, 0.717) is 43.7 Å². The molecule has 0 saturated carbocycles. The van der Waals surface area contributed by atoms with Crippen LogP contribution in [0, 0.1) is 0 Å². The van der Waals surface area contributed by atoms with E-state index in [-0.39, 0.29) is 6.10 Å². The highest BCUT2D eigenvalue weighted by Crippen LogP contribution is 2.33. The van der Waals surface area contributed by atoms with Gasteiger partial charge < -0.3 is 18.9 Å². The smallest absolute Gasteiger partial charge is 0.162 e. The first kappa shape index (κ1) is 17.3. The molecule has 1 fully saturated rings. The van der Waals surface area contributed by atoms with E-state index in [9.17, 15) is 0 Å². The highest BCUT2D eigenvalue weighted by Gasteiger charge is 2.18. The molecule has 5 nitrogen and oxygen atoms in total. The fourth-order valence-electron chi connectivity index (χ4n) is 2.47. The summed E-state index contributed by atoms with van der Waals surface area (Å²) < 4.78 is 22.0. The molecule has 1 saturated heterocycles. The number of hydrogen-bond acceptors (Lipinski definition) is 5. The number of likely N-dealkylation sites (N-methyl/N-ethyl adjacent to an activating group) is 1. The molecule has 1 heterocycles. The molecule has 0 amide bonds. The molecule has 6 heteroatoms. The van der Waals surface area contributed by atoms with Gasteiger partial charge in [-0.25, -0.2) is 0 Å². The molecule has 22 heavy (non-hydrogen) atoms. The minimum atomic E-state index is 0.113. The zero-order valence-corrected chi connectivity index (χ0v) is 14.2. The van der Waals surface area contributed by atoms with E-state index in [1.807, 2.05) is 20.0 Å². The highest BCUT2D eigenvalue weighted by molar-refractivity contribution is 6.31. The lowest BCUT2D eigenvalue weighted by molar-refractivity contribution is -0.0962. The van der Waals surface area contributed by atoms with Crippen molar-refractivity contribution in [2.75, 3.05) is 47.1 Å². The Balaban J connectivity index is 2.02. The first-order valence-electron chi connectivity index (χ1n) is 7.51. The molecule has 0 radical (unpaired) electrons. The molecule has 1 atom stereocenters. The van der Waals surface area contributed by atoms with E-state index in [2.05, 4.69) is 4.90 Å². The molecule has 0 aromatic heterocycles. The van der Waals surface area contributed by atoms with Crippen LogP contribution in [-0.2, 0) is 16.0 Å². The van der Waals surface area contributed by atoms with Crippen molar-refractivity contribution >= 4 is 11.6 Å². The summed E-state index contributed by atoms with van der Waals surface area (Å²) in [6.07, 6.45) is 0.113. The Labute approximate surface area is 137 Å². The van der Waals surface area contributed by atoms with Gasteiger partial charge in [-0.05, 0) is 25.6 Å². The van der Waals surface area contributed by atoms with Gasteiger partial charge >= 0.3 is 0 Å². The first-order valence-corrected chi connectivity index (χ1v) is 7.89. The molecular formula is C16H24ClNO4. The van der Waals surface area contributed by atoms with E-state index in [1.54, 1.807) is 13.2 Å². The van der Waals surface area contributed by atoms with Gasteiger partial charge in [0.25, 0.3) is 0 Å². The van der Waals surface area contributed by atoms with Gasteiger partial charge in [-0.2, -0.15) is 0 Å². The molecule has 0 spiro atoms. The van der Waals surface area contributed by atoms with Crippen LogP contribution in [0.5, 0.6) is 11.5 Å². The lowest BCUT2D eigenvalue weighted by atomic mass is 10.1. The van der Waals surface area contributed by atoms with Crippen LogP contribution in [0.2, 0.25) is 5.02 Å². The molecule has 1 unspecified atom stereocenters. The number of hydrogen-bond donors (Lipinski definition) is 0. The van der Waals surface area contributed by atoms with E-state index in [0.717, 1.165) is 17.9 Å². The van der Waals surface area contributed by atoms with Crippen molar-refractivity contribution in [2.45, 2.75) is 19.6 Å². The van der Waals surface area contributed by atoms with E-state index in [4.69, 9.17) is 30.5 Å². The second kappa shape index (κ2) is 8.58. The zero-order chi connectivity index (χ0) is 15.9. The third-order valence-electron chi connectivity index (χ3n) is 3.47. The summed E-state index contributed by atoms with van der Waals surface area (Å²) in [7, 11) is 3.65. The Morgan fingerprint density at radius 1 is 1.32 bits per heavy atom. The maximum absolute atomic E-state index is 6.35. The van der Waals surface area contributed by atoms with Crippen LogP contribution in [0.25, 0.3) is 0 Å². The largest absolute Gasteiger partial charge is 0.493 e. The predicted molar refractivity (Wildman–Crippen MR) is 86.1 cm³/mol. The third-order valence-corrected chi connectivity index (χ3v) is 3.82. The van der Waals surface area contributed by atoms with Gasteiger partial charge in [0.05, 0.1) is 39.6 Å². The lowest BCUT2D eigenvalue weighted by Gasteiger charge is -2.27. The summed E-state index contributed by atoms with van der Waals surface area (Å²) in [5.41, 5.74) is 1.00. The van der Waals surface area contributed by atoms with Crippen molar-refractivity contribution in [3.63, 3.8) is 0 Å². The van der Waals surface area contributed by atoms with E-state index < -0.39 is 0 Å². The molecule has 1 aliphatic rings. The number of methoxy groups -OCH3 is 1. The van der Waals surface area contributed by atoms with E-state index in [1.165, 1.54) is 0 Å². The quantitative estimate of drug-likeness (QED) is 0.769. The second-order valence-electron chi connectivity index (χ2n) is 5.29. The number of ether oxygens (including phenoxy) is 4. The lowest BCUT2D eigenvalue weighted by Crippen LogP contribution is -2.38. The summed E-state index contributed by atoms with van der Waals surface area (Å²) in [4.78, 5) is 2.17. The summed E-state index contributed by atoms with van der Waals surface area (Å²) in [5, 5.41) is 0.674. The molecule has 124 valence electrons. The van der Waals surface area contributed by atoms with Gasteiger partial charge in [0, 0.05) is 24.2 Å². The van der Waals surface area contributed by atoms with Crippen LogP contribution in [0.15, 0.2) is 12.1 Å². The van der Waals surface area contributed by atoms with Crippen LogP contribution >= 0.6 is 11.6 Å². The van der Waals surface area contributed by atoms with Crippen molar-refractivity contribution in [1.29, 1.82) is 0 Å². The fourth-order valence-corrected chi connectivity index (χ4v) is 2.68. The number of halogens is 1. The SMILES string of the molecule is CCOc1cc(CN(C)CC2COCCO2)c(Cl)cc1OC. The molecule has 1 aromatic rings. The summed E-state index contributed by atoms with van der Waals surface area (Å²) in [6, 6.07) is 3.75. The van der Waals surface area contributed by atoms with Crippen LogP contribution in [0.3, 0.4) is 0 Å². The predicted octanol–water partition coefficient (Wildman–Crippen LogP) is 2.59.